The molecule has 0 atom stereocenters. The Hall–Kier alpha value is -2.23. The maximum atomic E-state index is 12.6. The number of nitrogens with zero attached hydrogens (tertiary/aromatic N) is 1. The Kier molecular flexibility index (Phi) is 4.36. The van der Waals surface area contributed by atoms with E-state index in [4.69, 9.17) is 5.26 Å². The second kappa shape index (κ2) is 6.04. The van der Waals surface area contributed by atoms with Crippen LogP contribution in [0, 0.1) is 17.2 Å². The minimum atomic E-state index is -4.56. The minimum absolute atomic E-state index is 0.0387. The lowest BCUT2D eigenvalue weighted by Crippen LogP contribution is -2.31. The van der Waals surface area contributed by atoms with Gasteiger partial charge in [0.2, 0.25) is 5.91 Å². The van der Waals surface area contributed by atoms with Gasteiger partial charge in [0.25, 0.3) is 0 Å². The summed E-state index contributed by atoms with van der Waals surface area (Å²) in [6.07, 6.45) is -2.32. The van der Waals surface area contributed by atoms with Gasteiger partial charge in [-0.25, -0.2) is 0 Å². The van der Waals surface area contributed by atoms with Gasteiger partial charge < -0.3 is 10.6 Å². The summed E-state index contributed by atoms with van der Waals surface area (Å²) in [4.78, 5) is 11.5. The number of carbonyl (C=O) groups excluding carboxylic acids is 1. The molecule has 1 aromatic carbocycles. The van der Waals surface area contributed by atoms with Gasteiger partial charge in [-0.05, 0) is 37.0 Å². The predicted molar refractivity (Wildman–Crippen MR) is 70.4 cm³/mol. The van der Waals surface area contributed by atoms with Gasteiger partial charge in [0.1, 0.15) is 0 Å². The fraction of sp³-hybridized carbons (Fsp3) is 0.429. The summed E-state index contributed by atoms with van der Waals surface area (Å²) in [5.74, 6) is 0.338. The SMILES string of the molecule is N#Cc1cc(NCC(=O)NCC2CC2)ccc1C(F)(F)F. The van der Waals surface area contributed by atoms with Gasteiger partial charge in [-0.2, -0.15) is 18.4 Å². The van der Waals surface area contributed by atoms with Crippen LogP contribution in [-0.4, -0.2) is 19.0 Å². The molecule has 1 amide bonds. The summed E-state index contributed by atoms with van der Waals surface area (Å²) < 4.78 is 37.9. The zero-order valence-corrected chi connectivity index (χ0v) is 11.1. The van der Waals surface area contributed by atoms with E-state index < -0.39 is 17.3 Å². The molecular weight excluding hydrogens is 283 g/mol. The lowest BCUT2D eigenvalue weighted by atomic mass is 10.1. The Bertz CT molecular complexity index is 574. The molecule has 112 valence electrons. The van der Waals surface area contributed by atoms with Gasteiger partial charge in [0, 0.05) is 12.2 Å². The highest BCUT2D eigenvalue weighted by Crippen LogP contribution is 2.33. The van der Waals surface area contributed by atoms with Gasteiger partial charge >= 0.3 is 6.18 Å². The second-order valence-corrected chi connectivity index (χ2v) is 4.97. The number of nitriles is 1. The zero-order chi connectivity index (χ0) is 15.5. The lowest BCUT2D eigenvalue weighted by molar-refractivity contribution is -0.137. The third-order valence-corrected chi connectivity index (χ3v) is 3.18. The quantitative estimate of drug-likeness (QED) is 0.877. The summed E-state index contributed by atoms with van der Waals surface area (Å²) in [7, 11) is 0. The van der Waals surface area contributed by atoms with E-state index in [0.717, 1.165) is 25.0 Å². The third kappa shape index (κ3) is 4.38. The molecule has 0 aromatic heterocycles. The topological polar surface area (TPSA) is 64.9 Å². The van der Waals surface area contributed by atoms with Gasteiger partial charge in [-0.1, -0.05) is 0 Å². The number of anilines is 1. The van der Waals surface area contributed by atoms with Crippen LogP contribution in [0.15, 0.2) is 18.2 Å². The fourth-order valence-corrected chi connectivity index (χ4v) is 1.82. The lowest BCUT2D eigenvalue weighted by Gasteiger charge is -2.11. The average Bonchev–Trinajstić information content (AvgIpc) is 3.25. The predicted octanol–water partition coefficient (Wildman–Crippen LogP) is 2.52. The first-order chi connectivity index (χ1) is 9.90. The number of hydrogen-bond acceptors (Lipinski definition) is 3. The number of benzene rings is 1. The molecule has 0 heterocycles. The van der Waals surface area contributed by atoms with Crippen molar-refractivity contribution in [1.82, 2.24) is 5.32 Å². The molecule has 0 unspecified atom stereocenters. The first-order valence-corrected chi connectivity index (χ1v) is 6.52. The highest BCUT2D eigenvalue weighted by Gasteiger charge is 2.33. The molecule has 1 aliphatic carbocycles. The van der Waals surface area contributed by atoms with Crippen LogP contribution in [0.4, 0.5) is 18.9 Å². The first kappa shape index (κ1) is 15.2. The number of amides is 1. The summed E-state index contributed by atoms with van der Waals surface area (Å²) in [6, 6.07) is 4.65. The largest absolute Gasteiger partial charge is 0.417 e. The number of carbonyl (C=O) groups is 1. The van der Waals surface area contributed by atoms with Crippen LogP contribution in [0.3, 0.4) is 0 Å². The van der Waals surface area contributed by atoms with Crippen LogP contribution in [0.1, 0.15) is 24.0 Å². The van der Waals surface area contributed by atoms with E-state index in [1.807, 2.05) is 0 Å². The van der Waals surface area contributed by atoms with E-state index in [0.29, 0.717) is 18.2 Å². The Labute approximate surface area is 119 Å². The molecule has 1 aromatic rings. The molecule has 2 rings (SSSR count). The fourth-order valence-electron chi connectivity index (χ4n) is 1.82. The van der Waals surface area contributed by atoms with Crippen LogP contribution in [-0.2, 0) is 11.0 Å². The summed E-state index contributed by atoms with van der Waals surface area (Å²) in [5, 5.41) is 14.2. The number of halogens is 3. The maximum absolute atomic E-state index is 12.6. The van der Waals surface area contributed by atoms with Gasteiger partial charge in [0.15, 0.2) is 0 Å². The number of rotatable bonds is 5. The minimum Gasteiger partial charge on any atom is -0.376 e. The molecule has 4 nitrogen and oxygen atoms in total. The standard InChI is InChI=1S/C14H14F3N3O/c15-14(16,17)12-4-3-11(5-10(12)6-18)19-8-13(21)20-7-9-1-2-9/h3-5,9,19H,1-2,7-8H2,(H,20,21). The average molecular weight is 297 g/mol. The van der Waals surface area contributed by atoms with Crippen molar-refractivity contribution in [3.05, 3.63) is 29.3 Å². The smallest absolute Gasteiger partial charge is 0.376 e. The molecule has 0 aliphatic heterocycles. The van der Waals surface area contributed by atoms with E-state index in [-0.39, 0.29) is 12.5 Å². The number of nitrogens with one attached hydrogen (secondary N) is 2. The van der Waals surface area contributed by atoms with Gasteiger partial charge in [0.05, 0.1) is 23.7 Å². The van der Waals surface area contributed by atoms with Gasteiger partial charge in [-0.15, -0.1) is 0 Å². The number of alkyl halides is 3. The van der Waals surface area contributed by atoms with E-state index in [9.17, 15) is 18.0 Å². The van der Waals surface area contributed by atoms with Crippen molar-refractivity contribution in [2.75, 3.05) is 18.4 Å². The highest BCUT2D eigenvalue weighted by atomic mass is 19.4. The second-order valence-electron chi connectivity index (χ2n) is 4.97. The zero-order valence-electron chi connectivity index (χ0n) is 11.1. The summed E-state index contributed by atoms with van der Waals surface area (Å²) in [5.41, 5.74) is -1.14. The Morgan fingerprint density at radius 2 is 2.10 bits per heavy atom. The molecule has 1 saturated carbocycles. The van der Waals surface area contributed by atoms with Crippen molar-refractivity contribution < 1.29 is 18.0 Å². The molecule has 1 aliphatic rings. The van der Waals surface area contributed by atoms with Crippen molar-refractivity contribution in [3.63, 3.8) is 0 Å². The van der Waals surface area contributed by atoms with Crippen molar-refractivity contribution in [2.45, 2.75) is 19.0 Å². The molecular formula is C14H14F3N3O. The Morgan fingerprint density at radius 1 is 1.38 bits per heavy atom. The van der Waals surface area contributed by atoms with Gasteiger partial charge in [-0.3, -0.25) is 4.79 Å². The normalized spacial score (nSPS) is 14.4. The van der Waals surface area contributed by atoms with E-state index in [2.05, 4.69) is 10.6 Å². The molecule has 2 N–H and O–H groups in total. The van der Waals surface area contributed by atoms with E-state index in [1.165, 1.54) is 12.1 Å². The van der Waals surface area contributed by atoms with Crippen molar-refractivity contribution in [2.24, 2.45) is 5.92 Å². The first-order valence-electron chi connectivity index (χ1n) is 6.52. The number of hydrogen-bond donors (Lipinski definition) is 2. The molecule has 7 heteroatoms. The monoisotopic (exact) mass is 297 g/mol. The highest BCUT2D eigenvalue weighted by molar-refractivity contribution is 5.80. The molecule has 0 saturated heterocycles. The molecule has 21 heavy (non-hydrogen) atoms. The van der Waals surface area contributed by atoms with E-state index in [1.54, 1.807) is 0 Å². The van der Waals surface area contributed by atoms with Crippen LogP contribution >= 0.6 is 0 Å². The summed E-state index contributed by atoms with van der Waals surface area (Å²) >= 11 is 0. The van der Waals surface area contributed by atoms with Crippen molar-refractivity contribution >= 4 is 11.6 Å². The molecule has 1 fully saturated rings. The maximum Gasteiger partial charge on any atom is 0.417 e. The molecule has 0 spiro atoms. The van der Waals surface area contributed by atoms with Crippen LogP contribution in [0.25, 0.3) is 0 Å². The van der Waals surface area contributed by atoms with Crippen LogP contribution in [0.2, 0.25) is 0 Å². The van der Waals surface area contributed by atoms with Crippen LogP contribution in [0.5, 0.6) is 0 Å². The van der Waals surface area contributed by atoms with E-state index >= 15 is 0 Å². The van der Waals surface area contributed by atoms with Crippen molar-refractivity contribution in [1.29, 1.82) is 5.26 Å². The Balaban J connectivity index is 1.94. The Morgan fingerprint density at radius 3 is 2.67 bits per heavy atom. The molecule has 0 radical (unpaired) electrons. The van der Waals surface area contributed by atoms with Crippen molar-refractivity contribution in [3.8, 4) is 6.07 Å². The van der Waals surface area contributed by atoms with Crippen LogP contribution < -0.4 is 10.6 Å². The summed E-state index contributed by atoms with van der Waals surface area (Å²) in [6.45, 7) is 0.597. The molecule has 0 bridgehead atoms. The third-order valence-electron chi connectivity index (χ3n) is 3.18.